The predicted molar refractivity (Wildman–Crippen MR) is 110 cm³/mol. The van der Waals surface area contributed by atoms with Crippen LogP contribution in [0, 0.1) is 0 Å². The molecular formula is C22H28O4Pb. The van der Waals surface area contributed by atoms with Crippen LogP contribution in [0.3, 0.4) is 0 Å². The minimum Gasteiger partial charge on any atom is -0.478 e. The molecule has 2 N–H and O–H groups in total. The van der Waals surface area contributed by atoms with Crippen LogP contribution >= 0.6 is 0 Å². The number of benzene rings is 2. The van der Waals surface area contributed by atoms with E-state index in [1.807, 2.05) is 24.3 Å². The summed E-state index contributed by atoms with van der Waals surface area (Å²) >= 11 is 0. The van der Waals surface area contributed by atoms with Gasteiger partial charge in [0.15, 0.2) is 0 Å². The van der Waals surface area contributed by atoms with Gasteiger partial charge in [0.25, 0.3) is 0 Å². The van der Waals surface area contributed by atoms with Gasteiger partial charge in [0.2, 0.25) is 0 Å². The summed E-state index contributed by atoms with van der Waals surface area (Å²) in [4.78, 5) is 21.1. The molecule has 0 heterocycles. The Morgan fingerprint density at radius 1 is 0.593 bits per heavy atom. The molecule has 0 amide bonds. The van der Waals surface area contributed by atoms with Crippen molar-refractivity contribution in [3.63, 3.8) is 0 Å². The molecule has 2 rings (SSSR count). The average molecular weight is 564 g/mol. The summed E-state index contributed by atoms with van der Waals surface area (Å²) in [6, 6.07) is 14.0. The third kappa shape index (κ3) is 8.24. The van der Waals surface area contributed by atoms with Crippen LogP contribution in [-0.2, 0) is 10.8 Å². The van der Waals surface area contributed by atoms with Gasteiger partial charge in [0.05, 0.1) is 11.1 Å². The van der Waals surface area contributed by atoms with Crippen LogP contribution in [0.1, 0.15) is 73.4 Å². The van der Waals surface area contributed by atoms with Gasteiger partial charge in [0.1, 0.15) is 0 Å². The van der Waals surface area contributed by atoms with Gasteiger partial charge in [-0.25, -0.2) is 9.59 Å². The van der Waals surface area contributed by atoms with Crippen LogP contribution in [0.2, 0.25) is 0 Å². The van der Waals surface area contributed by atoms with Crippen molar-refractivity contribution in [3.8, 4) is 0 Å². The second-order valence-corrected chi connectivity index (χ2v) is 8.27. The third-order valence-electron chi connectivity index (χ3n) is 4.00. The molecule has 27 heavy (non-hydrogen) atoms. The summed E-state index contributed by atoms with van der Waals surface area (Å²) in [5, 5.41) is 17.4. The molecule has 4 nitrogen and oxygen atoms in total. The maximum atomic E-state index is 10.6. The van der Waals surface area contributed by atoms with Crippen molar-refractivity contribution in [2.24, 2.45) is 0 Å². The normalized spacial score (nSPS) is 10.9. The van der Waals surface area contributed by atoms with E-state index in [0.717, 1.165) is 11.1 Å². The molecule has 0 spiro atoms. The Kier molecular flexibility index (Phi) is 9.38. The summed E-state index contributed by atoms with van der Waals surface area (Å²) in [6.45, 7) is 12.6. The molecule has 0 saturated heterocycles. The van der Waals surface area contributed by atoms with Crippen molar-refractivity contribution in [1.82, 2.24) is 0 Å². The SMILES string of the molecule is CC(C)(C)c1ccc(C(=O)O)cc1.CC(C)(C)c1ccc(C(=O)O)cc1.[Pb]. The van der Waals surface area contributed by atoms with Crippen molar-refractivity contribution in [3.05, 3.63) is 70.8 Å². The van der Waals surface area contributed by atoms with Crippen LogP contribution in [0.4, 0.5) is 0 Å². The Morgan fingerprint density at radius 3 is 0.963 bits per heavy atom. The molecule has 0 unspecified atom stereocenters. The van der Waals surface area contributed by atoms with E-state index in [1.165, 1.54) is 0 Å². The van der Waals surface area contributed by atoms with E-state index >= 15 is 0 Å². The van der Waals surface area contributed by atoms with Crippen LogP contribution < -0.4 is 0 Å². The van der Waals surface area contributed by atoms with Crippen LogP contribution in [0.25, 0.3) is 0 Å². The molecular weight excluding hydrogens is 535 g/mol. The molecule has 0 saturated carbocycles. The fraction of sp³-hybridized carbons (Fsp3) is 0.364. The standard InChI is InChI=1S/2C11H14O2.Pb/c2*1-11(2,3)9-6-4-8(5-7-9)10(12)13;/h2*4-7H,1-3H3,(H,12,13);. The summed E-state index contributed by atoms with van der Waals surface area (Å²) in [5.74, 6) is -1.75. The largest absolute Gasteiger partial charge is 0.478 e. The van der Waals surface area contributed by atoms with Gasteiger partial charge in [-0.2, -0.15) is 0 Å². The van der Waals surface area contributed by atoms with E-state index in [4.69, 9.17) is 10.2 Å². The van der Waals surface area contributed by atoms with Crippen molar-refractivity contribution >= 4 is 39.2 Å². The van der Waals surface area contributed by atoms with E-state index in [2.05, 4.69) is 41.5 Å². The molecule has 0 aliphatic heterocycles. The van der Waals surface area contributed by atoms with Crippen molar-refractivity contribution in [2.45, 2.75) is 52.4 Å². The molecule has 5 heteroatoms. The quantitative estimate of drug-likeness (QED) is 0.506. The van der Waals surface area contributed by atoms with Gasteiger partial charge in [0, 0.05) is 27.3 Å². The molecule has 0 fully saturated rings. The topological polar surface area (TPSA) is 74.6 Å². The number of carboxylic acid groups (broad SMARTS) is 2. The van der Waals surface area contributed by atoms with Gasteiger partial charge < -0.3 is 10.2 Å². The Hall–Kier alpha value is -1.70. The Labute approximate surface area is 181 Å². The van der Waals surface area contributed by atoms with Crippen molar-refractivity contribution in [2.75, 3.05) is 0 Å². The van der Waals surface area contributed by atoms with E-state index in [1.54, 1.807) is 24.3 Å². The first-order chi connectivity index (χ1) is 11.8. The zero-order valence-corrected chi connectivity index (χ0v) is 20.7. The minimum absolute atomic E-state index is 0. The van der Waals surface area contributed by atoms with Gasteiger partial charge in [-0.15, -0.1) is 0 Å². The summed E-state index contributed by atoms with van der Waals surface area (Å²) in [5.41, 5.74) is 3.14. The zero-order valence-electron chi connectivity index (χ0n) is 16.8. The maximum Gasteiger partial charge on any atom is 0.335 e. The van der Waals surface area contributed by atoms with Crippen LogP contribution in [0.15, 0.2) is 48.5 Å². The predicted octanol–water partition coefficient (Wildman–Crippen LogP) is 4.98. The molecule has 0 aromatic heterocycles. The smallest absolute Gasteiger partial charge is 0.335 e. The average Bonchev–Trinajstić information content (AvgIpc) is 2.54. The Morgan fingerprint density at radius 2 is 0.815 bits per heavy atom. The number of hydrogen-bond donors (Lipinski definition) is 2. The summed E-state index contributed by atoms with van der Waals surface area (Å²) in [6.07, 6.45) is 0. The molecule has 0 aliphatic rings. The molecule has 0 aliphatic carbocycles. The van der Waals surface area contributed by atoms with E-state index < -0.39 is 11.9 Å². The second-order valence-electron chi connectivity index (χ2n) is 8.27. The van der Waals surface area contributed by atoms with Crippen molar-refractivity contribution in [1.29, 1.82) is 0 Å². The molecule has 2 aromatic carbocycles. The monoisotopic (exact) mass is 564 g/mol. The minimum atomic E-state index is -0.875. The summed E-state index contributed by atoms with van der Waals surface area (Å²) < 4.78 is 0. The van der Waals surface area contributed by atoms with Gasteiger partial charge in [-0.1, -0.05) is 65.8 Å². The first kappa shape index (κ1) is 25.3. The van der Waals surface area contributed by atoms with Gasteiger partial charge in [-0.3, -0.25) is 0 Å². The second kappa shape index (κ2) is 10.0. The number of carbonyl (C=O) groups is 2. The Balaban J connectivity index is 0.000000483. The van der Waals surface area contributed by atoms with Crippen LogP contribution in [0.5, 0.6) is 0 Å². The van der Waals surface area contributed by atoms with Gasteiger partial charge in [-0.05, 0) is 46.2 Å². The third-order valence-corrected chi connectivity index (χ3v) is 4.00. The fourth-order valence-corrected chi connectivity index (χ4v) is 2.23. The zero-order chi connectivity index (χ0) is 20.1. The molecule has 0 atom stereocenters. The summed E-state index contributed by atoms with van der Waals surface area (Å²) in [7, 11) is 0. The number of rotatable bonds is 2. The maximum absolute atomic E-state index is 10.6. The molecule has 4 radical (unpaired) electrons. The molecule has 2 aromatic rings. The Bertz CT molecular complexity index is 681. The molecule has 0 bridgehead atoms. The fourth-order valence-electron chi connectivity index (χ4n) is 2.23. The van der Waals surface area contributed by atoms with Gasteiger partial charge >= 0.3 is 11.9 Å². The van der Waals surface area contributed by atoms with E-state index in [-0.39, 0.29) is 38.1 Å². The first-order valence-corrected chi connectivity index (χ1v) is 8.50. The molecule has 144 valence electrons. The first-order valence-electron chi connectivity index (χ1n) is 8.50. The van der Waals surface area contributed by atoms with E-state index in [0.29, 0.717) is 11.1 Å². The number of carboxylic acids is 2. The number of aromatic carboxylic acids is 2. The van der Waals surface area contributed by atoms with Crippen LogP contribution in [-0.4, -0.2) is 49.5 Å². The van der Waals surface area contributed by atoms with E-state index in [9.17, 15) is 9.59 Å². The van der Waals surface area contributed by atoms with Crippen molar-refractivity contribution < 1.29 is 19.8 Å². The number of hydrogen-bond acceptors (Lipinski definition) is 2.